The van der Waals surface area contributed by atoms with Crippen LogP contribution in [0.25, 0.3) is 11.0 Å². The van der Waals surface area contributed by atoms with Gasteiger partial charge in [-0.3, -0.25) is 4.57 Å². The molecular formula is C20H29BrClN3O2. The topological polar surface area (TPSA) is 50.3 Å². The van der Waals surface area contributed by atoms with Crippen LogP contribution < -0.4 is 5.69 Å². The summed E-state index contributed by atoms with van der Waals surface area (Å²) in [7, 11) is 0. The van der Waals surface area contributed by atoms with E-state index in [9.17, 15) is 4.79 Å². The van der Waals surface area contributed by atoms with Crippen LogP contribution >= 0.6 is 28.3 Å². The Hall–Kier alpha value is -0.820. The lowest BCUT2D eigenvalue weighted by Crippen LogP contribution is -2.45. The Morgan fingerprint density at radius 2 is 1.81 bits per heavy atom. The number of hydrogen-bond donors (Lipinski definition) is 1. The monoisotopic (exact) mass is 457 g/mol. The maximum Gasteiger partial charge on any atom is 0.326 e. The quantitative estimate of drug-likeness (QED) is 0.734. The predicted octanol–water partition coefficient (Wildman–Crippen LogP) is 4.50. The third-order valence-corrected chi connectivity index (χ3v) is 6.60. The summed E-state index contributed by atoms with van der Waals surface area (Å²) in [5.74, 6) is 0. The SMILES string of the molecule is CCO[C@H]1CC[C@H](N2CCC(n3c(=O)[nH]c4ccc(Br)cc43)CC2)CC1.Cl. The van der Waals surface area contributed by atoms with Crippen LogP contribution in [0, 0.1) is 0 Å². The van der Waals surface area contributed by atoms with Crippen LogP contribution in [0.3, 0.4) is 0 Å². The molecule has 27 heavy (non-hydrogen) atoms. The molecule has 1 aromatic carbocycles. The van der Waals surface area contributed by atoms with Crippen LogP contribution in [0.5, 0.6) is 0 Å². The smallest absolute Gasteiger partial charge is 0.326 e. The number of rotatable bonds is 4. The van der Waals surface area contributed by atoms with E-state index in [0.717, 1.165) is 48.0 Å². The number of nitrogens with zero attached hydrogens (tertiary/aromatic N) is 2. The molecule has 0 bridgehead atoms. The van der Waals surface area contributed by atoms with Gasteiger partial charge in [-0.15, -0.1) is 12.4 Å². The average Bonchev–Trinajstić information content (AvgIpc) is 2.98. The zero-order chi connectivity index (χ0) is 18.1. The third-order valence-electron chi connectivity index (χ3n) is 6.11. The number of aromatic nitrogens is 2. The van der Waals surface area contributed by atoms with Crippen molar-refractivity contribution in [1.82, 2.24) is 14.5 Å². The lowest BCUT2D eigenvalue weighted by Gasteiger charge is -2.40. The molecule has 2 aliphatic rings. The first-order valence-corrected chi connectivity index (χ1v) is 10.7. The van der Waals surface area contributed by atoms with Crippen LogP contribution in [0.2, 0.25) is 0 Å². The molecule has 1 aliphatic carbocycles. The fraction of sp³-hybridized carbons (Fsp3) is 0.650. The van der Waals surface area contributed by atoms with E-state index < -0.39 is 0 Å². The number of hydrogen-bond acceptors (Lipinski definition) is 3. The second kappa shape index (κ2) is 9.12. The summed E-state index contributed by atoms with van der Waals surface area (Å²) in [6, 6.07) is 6.99. The minimum atomic E-state index is 0. The molecule has 5 nitrogen and oxygen atoms in total. The molecule has 1 N–H and O–H groups in total. The molecule has 2 aromatic rings. The molecule has 0 atom stereocenters. The minimum absolute atomic E-state index is 0. The Morgan fingerprint density at radius 1 is 1.11 bits per heavy atom. The van der Waals surface area contributed by atoms with E-state index >= 15 is 0 Å². The number of imidazole rings is 1. The number of H-pyrrole nitrogens is 1. The van der Waals surface area contributed by atoms with Crippen LogP contribution in [0.4, 0.5) is 0 Å². The second-order valence-electron chi connectivity index (χ2n) is 7.61. The Bertz CT molecular complexity index is 805. The standard InChI is InChI=1S/C20H28BrN3O2.ClH/c1-2-26-17-6-4-15(5-7-17)23-11-9-16(10-12-23)24-19-13-14(21)3-8-18(19)22-20(24)25;/h3,8,13,15-17H,2,4-7,9-12H2,1H3,(H,22,25);1H/t15-,17-;. The molecule has 4 rings (SSSR count). The van der Waals surface area contributed by atoms with Crippen molar-refractivity contribution >= 4 is 39.4 Å². The Morgan fingerprint density at radius 3 is 2.48 bits per heavy atom. The number of likely N-dealkylation sites (tertiary alicyclic amines) is 1. The highest BCUT2D eigenvalue weighted by Crippen LogP contribution is 2.31. The van der Waals surface area contributed by atoms with E-state index in [1.54, 1.807) is 0 Å². The lowest BCUT2D eigenvalue weighted by molar-refractivity contribution is 0.00796. The summed E-state index contributed by atoms with van der Waals surface area (Å²) >= 11 is 3.53. The van der Waals surface area contributed by atoms with Gasteiger partial charge in [0.05, 0.1) is 17.1 Å². The van der Waals surface area contributed by atoms with Gasteiger partial charge in [-0.2, -0.15) is 0 Å². The molecule has 1 saturated heterocycles. The van der Waals surface area contributed by atoms with Crippen molar-refractivity contribution < 1.29 is 4.74 Å². The van der Waals surface area contributed by atoms with E-state index in [1.807, 2.05) is 16.7 Å². The zero-order valence-electron chi connectivity index (χ0n) is 15.8. The molecule has 2 heterocycles. The van der Waals surface area contributed by atoms with Gasteiger partial charge in [-0.05, 0) is 63.6 Å². The average molecular weight is 459 g/mol. The summed E-state index contributed by atoms with van der Waals surface area (Å²) in [6.07, 6.45) is 7.43. The molecule has 0 amide bonds. The lowest BCUT2D eigenvalue weighted by atomic mass is 9.90. The molecule has 7 heteroatoms. The van der Waals surface area contributed by atoms with Crippen molar-refractivity contribution in [2.45, 2.75) is 63.6 Å². The summed E-state index contributed by atoms with van der Waals surface area (Å²) in [5, 5.41) is 0. The Balaban J connectivity index is 0.00000210. The first-order chi connectivity index (χ1) is 12.7. The van der Waals surface area contributed by atoms with Gasteiger partial charge in [0.25, 0.3) is 0 Å². The van der Waals surface area contributed by atoms with Gasteiger partial charge in [-0.25, -0.2) is 4.79 Å². The van der Waals surface area contributed by atoms with Crippen molar-refractivity contribution in [1.29, 1.82) is 0 Å². The number of benzene rings is 1. The van der Waals surface area contributed by atoms with Gasteiger partial charge in [0.2, 0.25) is 0 Å². The Kier molecular flexibility index (Phi) is 7.06. The van der Waals surface area contributed by atoms with Crippen LogP contribution in [0.15, 0.2) is 27.5 Å². The number of piperidine rings is 1. The van der Waals surface area contributed by atoms with Gasteiger partial charge in [-0.1, -0.05) is 15.9 Å². The van der Waals surface area contributed by atoms with Crippen molar-refractivity contribution in [3.05, 3.63) is 33.2 Å². The molecular weight excluding hydrogens is 430 g/mol. The van der Waals surface area contributed by atoms with Crippen molar-refractivity contribution in [3.8, 4) is 0 Å². The normalized spacial score (nSPS) is 24.8. The number of nitrogens with one attached hydrogen (secondary N) is 1. The highest BCUT2D eigenvalue weighted by atomic mass is 79.9. The largest absolute Gasteiger partial charge is 0.379 e. The summed E-state index contributed by atoms with van der Waals surface area (Å²) in [4.78, 5) is 18.1. The van der Waals surface area contributed by atoms with Crippen LogP contribution in [-0.4, -0.2) is 46.3 Å². The second-order valence-corrected chi connectivity index (χ2v) is 8.53. The molecule has 0 unspecified atom stereocenters. The van der Waals surface area contributed by atoms with Gasteiger partial charge in [0, 0.05) is 36.3 Å². The molecule has 150 valence electrons. The third kappa shape index (κ3) is 4.44. The van der Waals surface area contributed by atoms with Gasteiger partial charge in [0.15, 0.2) is 0 Å². The highest BCUT2D eigenvalue weighted by Gasteiger charge is 2.30. The fourth-order valence-corrected chi connectivity index (χ4v) is 5.13. The van der Waals surface area contributed by atoms with E-state index in [2.05, 4.69) is 38.8 Å². The van der Waals surface area contributed by atoms with Crippen molar-refractivity contribution in [2.24, 2.45) is 0 Å². The molecule has 1 aliphatic heterocycles. The maximum absolute atomic E-state index is 12.5. The highest BCUT2D eigenvalue weighted by molar-refractivity contribution is 9.10. The van der Waals surface area contributed by atoms with E-state index in [-0.39, 0.29) is 18.1 Å². The van der Waals surface area contributed by atoms with E-state index in [0.29, 0.717) is 18.2 Å². The molecule has 2 fully saturated rings. The number of fused-ring (bicyclic) bond motifs is 1. The zero-order valence-corrected chi connectivity index (χ0v) is 18.2. The molecule has 0 radical (unpaired) electrons. The van der Waals surface area contributed by atoms with Crippen LogP contribution in [-0.2, 0) is 4.74 Å². The van der Waals surface area contributed by atoms with Crippen LogP contribution in [0.1, 0.15) is 51.5 Å². The minimum Gasteiger partial charge on any atom is -0.379 e. The van der Waals surface area contributed by atoms with E-state index in [1.165, 1.54) is 25.7 Å². The van der Waals surface area contributed by atoms with E-state index in [4.69, 9.17) is 4.74 Å². The van der Waals surface area contributed by atoms with Gasteiger partial charge < -0.3 is 14.6 Å². The summed E-state index contributed by atoms with van der Waals surface area (Å²) in [5.41, 5.74) is 1.96. The number of aromatic amines is 1. The van der Waals surface area contributed by atoms with Crippen molar-refractivity contribution in [2.75, 3.05) is 19.7 Å². The van der Waals surface area contributed by atoms with Gasteiger partial charge >= 0.3 is 5.69 Å². The van der Waals surface area contributed by atoms with Gasteiger partial charge in [0.1, 0.15) is 0 Å². The summed E-state index contributed by atoms with van der Waals surface area (Å²) < 4.78 is 8.77. The first kappa shape index (κ1) is 20.9. The predicted molar refractivity (Wildman–Crippen MR) is 115 cm³/mol. The summed E-state index contributed by atoms with van der Waals surface area (Å²) in [6.45, 7) is 5.09. The maximum atomic E-state index is 12.5. The fourth-order valence-electron chi connectivity index (χ4n) is 4.78. The first-order valence-electron chi connectivity index (χ1n) is 9.91. The molecule has 0 spiro atoms. The Labute approximate surface area is 175 Å². The van der Waals surface area contributed by atoms with Crippen molar-refractivity contribution in [3.63, 3.8) is 0 Å². The molecule has 1 saturated carbocycles. The number of halogens is 2. The number of ether oxygens (including phenoxy) is 1. The molecule has 1 aromatic heterocycles.